The molecule has 0 aromatic carbocycles. The molecule has 6 atom stereocenters. The van der Waals surface area contributed by atoms with Gasteiger partial charge >= 0.3 is 21.3 Å². The summed E-state index contributed by atoms with van der Waals surface area (Å²) in [7, 11) is -4.70. The Balaban J connectivity index is 1.97. The van der Waals surface area contributed by atoms with Crippen LogP contribution in [0.15, 0.2) is 17.1 Å². The topological polar surface area (TPSA) is 219 Å². The summed E-state index contributed by atoms with van der Waals surface area (Å²) in [6, 6.07) is 1.18. The van der Waals surface area contributed by atoms with E-state index < -0.39 is 52.5 Å². The van der Waals surface area contributed by atoms with Crippen molar-refractivity contribution in [3.05, 3.63) is 22.7 Å². The third kappa shape index (κ3) is 7.66. The first kappa shape index (κ1) is 27.0. The molecule has 18 heteroatoms. The van der Waals surface area contributed by atoms with E-state index in [1.807, 2.05) is 0 Å². The van der Waals surface area contributed by atoms with E-state index in [0.717, 1.165) is 10.8 Å². The number of aliphatic hydroxyl groups is 2. The highest BCUT2D eigenvalue weighted by Crippen LogP contribution is 2.60. The van der Waals surface area contributed by atoms with Crippen molar-refractivity contribution in [1.29, 1.82) is 0 Å². The van der Waals surface area contributed by atoms with Gasteiger partial charge in [-0.25, -0.2) is 13.9 Å². The van der Waals surface area contributed by atoms with Crippen molar-refractivity contribution in [1.82, 2.24) is 9.55 Å². The van der Waals surface area contributed by atoms with Crippen molar-refractivity contribution < 1.29 is 56.9 Å². The molecule has 0 saturated carbocycles. The van der Waals surface area contributed by atoms with Crippen LogP contribution < -0.4 is 11.2 Å². The quantitative estimate of drug-likeness (QED) is 0.116. The second kappa shape index (κ2) is 10.3. The molecule has 1 saturated heterocycles. The van der Waals surface area contributed by atoms with Crippen LogP contribution in [0.25, 0.3) is 0 Å². The van der Waals surface area contributed by atoms with Crippen LogP contribution >= 0.6 is 15.6 Å². The molecule has 1 aliphatic rings. The molecule has 184 valence electrons. The van der Waals surface area contributed by atoms with Gasteiger partial charge in [0.2, 0.25) is 0 Å². The fourth-order valence-corrected chi connectivity index (χ4v) is 4.61. The molecule has 1 aromatic rings. The van der Waals surface area contributed by atoms with Crippen LogP contribution in [0.1, 0.15) is 6.23 Å². The zero-order valence-corrected chi connectivity index (χ0v) is 19.2. The molecule has 1 aliphatic heterocycles. The van der Waals surface area contributed by atoms with Crippen molar-refractivity contribution >= 4 is 21.5 Å². The lowest BCUT2D eigenvalue weighted by Crippen LogP contribution is -2.37. The molecule has 0 amide bonds. The standard InChI is InChI=1S/C14H26N4O12P2/c1-18(2,3)6-7-27-31(23,24)30-32(25,26)28-8-9-11(19)12(20)13(29-9)17-5-4-10(16-22)15-14(17)21/h4-5,9,11-13,19-20H,6-8H2,1-3H3,(H3-,15,16,21,22,23,24,25,26)/p+1/t9-,11-,12-,13-/m1/s1. The molecule has 0 spiro atoms. The minimum atomic E-state index is -5.14. The predicted molar refractivity (Wildman–Crippen MR) is 105 cm³/mol. The normalized spacial score (nSPS) is 27.6. The molecule has 1 aromatic heterocycles. The van der Waals surface area contributed by atoms with E-state index in [-0.39, 0.29) is 12.4 Å². The van der Waals surface area contributed by atoms with Crippen LogP contribution in [0.4, 0.5) is 5.82 Å². The van der Waals surface area contributed by atoms with E-state index in [1.54, 1.807) is 26.6 Å². The number of hydrogen-bond acceptors (Lipinski definition) is 12. The zero-order chi connectivity index (χ0) is 24.3. The highest BCUT2D eigenvalue weighted by molar-refractivity contribution is 7.61. The third-order valence-corrected chi connectivity index (χ3v) is 6.82. The maximum Gasteiger partial charge on any atom is 0.481 e. The minimum absolute atomic E-state index is 0.172. The SMILES string of the molecule is C[N+](C)(C)CCOP(=O)(O)OP(=O)(O)OC[C@H]1O[C@@H](n2ccc(NO)nc2=O)[C@H](O)[C@@H]1O. The summed E-state index contributed by atoms with van der Waals surface area (Å²) in [5, 5.41) is 29.0. The lowest BCUT2D eigenvalue weighted by Gasteiger charge is -2.24. The number of aliphatic hydroxyl groups excluding tert-OH is 2. The summed E-state index contributed by atoms with van der Waals surface area (Å²) in [6.45, 7) is -0.793. The summed E-state index contributed by atoms with van der Waals surface area (Å²) in [5.41, 5.74) is 0.726. The van der Waals surface area contributed by atoms with Gasteiger partial charge < -0.3 is 29.2 Å². The van der Waals surface area contributed by atoms with E-state index in [2.05, 4.69) is 18.3 Å². The fourth-order valence-electron chi connectivity index (χ4n) is 2.54. The number of aromatic nitrogens is 2. The van der Waals surface area contributed by atoms with E-state index in [9.17, 15) is 33.9 Å². The number of ether oxygens (including phenoxy) is 1. The van der Waals surface area contributed by atoms with Gasteiger partial charge in [-0.15, -0.1) is 0 Å². The Labute approximate surface area is 182 Å². The molecule has 2 heterocycles. The van der Waals surface area contributed by atoms with Crippen LogP contribution in [0, 0.1) is 0 Å². The maximum atomic E-state index is 12.0. The Kier molecular flexibility index (Phi) is 8.72. The second-order valence-corrected chi connectivity index (χ2v) is 10.9. The van der Waals surface area contributed by atoms with E-state index in [0.29, 0.717) is 11.0 Å². The number of phosphoric acid groups is 2. The number of nitrogens with one attached hydrogen (secondary N) is 1. The van der Waals surface area contributed by atoms with Gasteiger partial charge in [0.05, 0.1) is 27.7 Å². The van der Waals surface area contributed by atoms with Crippen molar-refractivity contribution in [3.63, 3.8) is 0 Å². The number of rotatable bonds is 11. The van der Waals surface area contributed by atoms with Gasteiger partial charge in [0, 0.05) is 6.20 Å². The molecule has 6 N–H and O–H groups in total. The number of phosphoric ester groups is 2. The largest absolute Gasteiger partial charge is 0.481 e. The van der Waals surface area contributed by atoms with Gasteiger partial charge in [-0.1, -0.05) is 0 Å². The second-order valence-electron chi connectivity index (χ2n) is 7.82. The van der Waals surface area contributed by atoms with E-state index in [4.69, 9.17) is 9.94 Å². The summed E-state index contributed by atoms with van der Waals surface area (Å²) in [6.07, 6.45) is -5.05. The van der Waals surface area contributed by atoms with Gasteiger partial charge in [0.1, 0.15) is 31.5 Å². The van der Waals surface area contributed by atoms with Crippen LogP contribution in [-0.2, 0) is 27.2 Å². The molecular weight excluding hydrogens is 478 g/mol. The number of quaternary nitrogens is 1. The molecule has 0 radical (unpaired) electrons. The van der Waals surface area contributed by atoms with E-state index in [1.165, 1.54) is 6.07 Å². The molecule has 2 rings (SSSR count). The smallest absolute Gasteiger partial charge is 0.387 e. The van der Waals surface area contributed by atoms with Crippen molar-refractivity contribution in [2.75, 3.05) is 46.4 Å². The lowest BCUT2D eigenvalue weighted by molar-refractivity contribution is -0.870. The summed E-state index contributed by atoms with van der Waals surface area (Å²) < 4.78 is 43.8. The molecule has 16 nitrogen and oxygen atoms in total. The van der Waals surface area contributed by atoms with E-state index >= 15 is 0 Å². The lowest BCUT2D eigenvalue weighted by atomic mass is 10.1. The first-order valence-corrected chi connectivity index (χ1v) is 12.1. The van der Waals surface area contributed by atoms with Crippen LogP contribution in [0.2, 0.25) is 0 Å². The maximum absolute atomic E-state index is 12.0. The Morgan fingerprint density at radius 1 is 1.19 bits per heavy atom. The Morgan fingerprint density at radius 3 is 2.38 bits per heavy atom. The van der Waals surface area contributed by atoms with Crippen molar-refractivity contribution in [2.45, 2.75) is 24.5 Å². The van der Waals surface area contributed by atoms with Crippen LogP contribution in [0.3, 0.4) is 0 Å². The van der Waals surface area contributed by atoms with Gasteiger partial charge in [-0.3, -0.25) is 24.3 Å². The Bertz CT molecular complexity index is 937. The van der Waals surface area contributed by atoms with Gasteiger partial charge in [-0.2, -0.15) is 9.29 Å². The molecule has 2 unspecified atom stereocenters. The van der Waals surface area contributed by atoms with Crippen molar-refractivity contribution in [3.8, 4) is 0 Å². The monoisotopic (exact) mass is 505 g/mol. The van der Waals surface area contributed by atoms with Gasteiger partial charge in [0.25, 0.3) is 0 Å². The number of hydrogen-bond donors (Lipinski definition) is 6. The number of anilines is 1. The van der Waals surface area contributed by atoms with Crippen LogP contribution in [-0.4, -0.2) is 98.5 Å². The van der Waals surface area contributed by atoms with Gasteiger partial charge in [0.15, 0.2) is 12.0 Å². The highest BCUT2D eigenvalue weighted by Gasteiger charge is 2.46. The number of likely N-dealkylation sites (N-methyl/N-ethyl adjacent to an activating group) is 1. The first-order chi connectivity index (χ1) is 14.6. The molecule has 0 bridgehead atoms. The minimum Gasteiger partial charge on any atom is -0.387 e. The number of nitrogens with zero attached hydrogens (tertiary/aromatic N) is 3. The average Bonchev–Trinajstić information content (AvgIpc) is 2.92. The summed E-state index contributed by atoms with van der Waals surface area (Å²) >= 11 is 0. The Morgan fingerprint density at radius 2 is 1.81 bits per heavy atom. The first-order valence-electron chi connectivity index (χ1n) is 9.11. The summed E-state index contributed by atoms with van der Waals surface area (Å²) in [5.74, 6) is -0.172. The van der Waals surface area contributed by atoms with Crippen molar-refractivity contribution in [2.24, 2.45) is 0 Å². The van der Waals surface area contributed by atoms with Crippen LogP contribution in [0.5, 0.6) is 0 Å². The fraction of sp³-hybridized carbons (Fsp3) is 0.714. The Hall–Kier alpha value is -1.26. The third-order valence-electron chi connectivity index (χ3n) is 4.18. The molecular formula is C14H27N4O12P2+. The molecule has 0 aliphatic carbocycles. The van der Waals surface area contributed by atoms with Gasteiger partial charge in [-0.05, 0) is 6.07 Å². The molecule has 1 fully saturated rings. The summed E-state index contributed by atoms with van der Waals surface area (Å²) in [4.78, 5) is 34.7. The predicted octanol–water partition coefficient (Wildman–Crippen LogP) is -1.38. The highest BCUT2D eigenvalue weighted by atomic mass is 31.3. The molecule has 32 heavy (non-hydrogen) atoms. The average molecular weight is 505 g/mol. The zero-order valence-electron chi connectivity index (χ0n) is 17.4.